The summed E-state index contributed by atoms with van der Waals surface area (Å²) in [7, 11) is 0. The van der Waals surface area contributed by atoms with E-state index >= 15 is 0 Å². The number of carbonyl (C=O) groups excluding carboxylic acids is 1. The highest BCUT2D eigenvalue weighted by molar-refractivity contribution is 5.76. The molecule has 0 bridgehead atoms. The molecule has 1 saturated heterocycles. The number of amides is 1. The maximum absolute atomic E-state index is 13.7. The summed E-state index contributed by atoms with van der Waals surface area (Å²) in [5, 5.41) is 3.89. The molecule has 1 amide bonds. The third-order valence-corrected chi connectivity index (χ3v) is 5.72. The van der Waals surface area contributed by atoms with Crippen molar-refractivity contribution in [3.63, 3.8) is 0 Å². The number of benzene rings is 1. The number of aryl methyl sites for hydroxylation is 2. The maximum Gasteiger partial charge on any atom is 0.227 e. The van der Waals surface area contributed by atoms with Crippen LogP contribution in [0.15, 0.2) is 22.7 Å². The van der Waals surface area contributed by atoms with E-state index in [-0.39, 0.29) is 17.8 Å². The van der Waals surface area contributed by atoms with Gasteiger partial charge in [-0.1, -0.05) is 17.3 Å². The molecule has 2 N–H and O–H groups in total. The van der Waals surface area contributed by atoms with Crippen LogP contribution in [0.1, 0.15) is 30.7 Å². The second kappa shape index (κ2) is 6.79. The minimum Gasteiger partial charge on any atom is -0.342 e. The standard InChI is InChI=1S/C19H23FN4O2/c1-11-2-3-12(8-15(11)20)19-22-17(26-23-19)6-7-18(25)24-9-13-4-5-16(21)14(13)10-24/h2-3,8,13-14,16H,4-7,9-10,21H2,1H3. The molecule has 7 heteroatoms. The van der Waals surface area contributed by atoms with Crippen LogP contribution in [0.4, 0.5) is 4.39 Å². The van der Waals surface area contributed by atoms with E-state index in [4.69, 9.17) is 10.3 Å². The number of halogens is 1. The van der Waals surface area contributed by atoms with Crippen LogP contribution in [0.25, 0.3) is 11.4 Å². The Labute approximate surface area is 151 Å². The second-order valence-corrected chi connectivity index (χ2v) is 7.44. The first-order valence-electron chi connectivity index (χ1n) is 9.13. The molecule has 2 aliphatic rings. The van der Waals surface area contributed by atoms with Crippen LogP contribution in [-0.4, -0.2) is 40.1 Å². The Bertz CT molecular complexity index is 822. The van der Waals surface area contributed by atoms with Crippen LogP contribution in [0, 0.1) is 24.6 Å². The molecule has 1 saturated carbocycles. The van der Waals surface area contributed by atoms with E-state index < -0.39 is 0 Å². The average Bonchev–Trinajstić information content (AvgIpc) is 3.33. The van der Waals surface area contributed by atoms with Crippen molar-refractivity contribution in [2.75, 3.05) is 13.1 Å². The molecule has 138 valence electrons. The van der Waals surface area contributed by atoms with Gasteiger partial charge >= 0.3 is 0 Å². The number of aromatic nitrogens is 2. The van der Waals surface area contributed by atoms with Crippen LogP contribution in [0.5, 0.6) is 0 Å². The van der Waals surface area contributed by atoms with Gasteiger partial charge < -0.3 is 15.2 Å². The fourth-order valence-electron chi connectivity index (χ4n) is 4.09. The largest absolute Gasteiger partial charge is 0.342 e. The lowest BCUT2D eigenvalue weighted by molar-refractivity contribution is -0.130. The van der Waals surface area contributed by atoms with Gasteiger partial charge in [-0.05, 0) is 43.2 Å². The third kappa shape index (κ3) is 3.23. The van der Waals surface area contributed by atoms with Crippen LogP contribution in [0.3, 0.4) is 0 Å². The fraction of sp³-hybridized carbons (Fsp3) is 0.526. The van der Waals surface area contributed by atoms with Crippen LogP contribution < -0.4 is 5.73 Å². The van der Waals surface area contributed by atoms with Crippen molar-refractivity contribution in [3.05, 3.63) is 35.5 Å². The molecule has 1 aromatic carbocycles. The number of rotatable bonds is 4. The van der Waals surface area contributed by atoms with Crippen molar-refractivity contribution in [3.8, 4) is 11.4 Å². The molecular formula is C19H23FN4O2. The van der Waals surface area contributed by atoms with Gasteiger partial charge in [0.2, 0.25) is 17.6 Å². The molecule has 3 unspecified atom stereocenters. The van der Waals surface area contributed by atoms with E-state index in [0.717, 1.165) is 25.9 Å². The first-order chi connectivity index (χ1) is 12.5. The van der Waals surface area contributed by atoms with E-state index in [2.05, 4.69) is 10.1 Å². The van der Waals surface area contributed by atoms with Crippen molar-refractivity contribution >= 4 is 5.91 Å². The summed E-state index contributed by atoms with van der Waals surface area (Å²) in [5.41, 5.74) is 7.26. The highest BCUT2D eigenvalue weighted by Crippen LogP contribution is 2.37. The molecule has 2 heterocycles. The first-order valence-corrected chi connectivity index (χ1v) is 9.13. The summed E-state index contributed by atoms with van der Waals surface area (Å²) in [4.78, 5) is 18.7. The number of hydrogen-bond donors (Lipinski definition) is 1. The minimum absolute atomic E-state index is 0.104. The van der Waals surface area contributed by atoms with Gasteiger partial charge in [0.05, 0.1) is 0 Å². The Balaban J connectivity index is 1.35. The zero-order valence-corrected chi connectivity index (χ0v) is 14.8. The number of carbonyl (C=O) groups is 1. The number of nitrogens with two attached hydrogens (primary N) is 1. The van der Waals surface area contributed by atoms with E-state index in [9.17, 15) is 9.18 Å². The normalized spacial score (nSPS) is 24.9. The number of hydrogen-bond acceptors (Lipinski definition) is 5. The molecule has 3 atom stereocenters. The third-order valence-electron chi connectivity index (χ3n) is 5.72. The molecule has 6 nitrogen and oxygen atoms in total. The van der Waals surface area contributed by atoms with E-state index in [0.29, 0.717) is 47.5 Å². The molecule has 1 aliphatic carbocycles. The SMILES string of the molecule is Cc1ccc(-c2noc(CCC(=O)N3CC4CCC(N)C4C3)n2)cc1F. The first kappa shape index (κ1) is 17.1. The fourth-order valence-corrected chi connectivity index (χ4v) is 4.09. The summed E-state index contributed by atoms with van der Waals surface area (Å²) in [5.74, 6) is 1.54. The maximum atomic E-state index is 13.7. The highest BCUT2D eigenvalue weighted by Gasteiger charge is 2.42. The van der Waals surface area contributed by atoms with E-state index in [1.165, 1.54) is 6.07 Å². The summed E-state index contributed by atoms with van der Waals surface area (Å²) >= 11 is 0. The lowest BCUT2D eigenvalue weighted by Crippen LogP contribution is -2.33. The van der Waals surface area contributed by atoms with Crippen molar-refractivity contribution < 1.29 is 13.7 Å². The Morgan fingerprint density at radius 1 is 1.38 bits per heavy atom. The van der Waals surface area contributed by atoms with Crippen LogP contribution in [-0.2, 0) is 11.2 Å². The predicted molar refractivity (Wildman–Crippen MR) is 93.5 cm³/mol. The summed E-state index contributed by atoms with van der Waals surface area (Å²) in [6, 6.07) is 5.05. The van der Waals surface area contributed by atoms with Gasteiger partial charge in [0.15, 0.2) is 0 Å². The molecule has 1 aliphatic heterocycles. The molecule has 26 heavy (non-hydrogen) atoms. The van der Waals surface area contributed by atoms with Gasteiger partial charge in [-0.2, -0.15) is 4.98 Å². The smallest absolute Gasteiger partial charge is 0.227 e. The monoisotopic (exact) mass is 358 g/mol. The molecular weight excluding hydrogens is 335 g/mol. The van der Waals surface area contributed by atoms with Gasteiger partial charge in [-0.3, -0.25) is 4.79 Å². The molecule has 0 radical (unpaired) electrons. The van der Waals surface area contributed by atoms with Crippen molar-refractivity contribution in [1.29, 1.82) is 0 Å². The van der Waals surface area contributed by atoms with Gasteiger partial charge in [0, 0.05) is 37.5 Å². The van der Waals surface area contributed by atoms with E-state index in [1.807, 2.05) is 4.90 Å². The lowest BCUT2D eigenvalue weighted by atomic mass is 9.98. The minimum atomic E-state index is -0.304. The second-order valence-electron chi connectivity index (χ2n) is 7.44. The van der Waals surface area contributed by atoms with Crippen LogP contribution >= 0.6 is 0 Å². The topological polar surface area (TPSA) is 85.2 Å². The summed E-state index contributed by atoms with van der Waals surface area (Å²) < 4.78 is 18.9. The molecule has 4 rings (SSSR count). The van der Waals surface area contributed by atoms with Crippen molar-refractivity contribution in [1.82, 2.24) is 15.0 Å². The Morgan fingerprint density at radius 3 is 3.00 bits per heavy atom. The summed E-state index contributed by atoms with van der Waals surface area (Å²) in [6.07, 6.45) is 2.91. The zero-order chi connectivity index (χ0) is 18.3. The molecule has 2 fully saturated rings. The van der Waals surface area contributed by atoms with Gasteiger partial charge in [-0.25, -0.2) is 4.39 Å². The lowest BCUT2D eigenvalue weighted by Gasteiger charge is -2.18. The number of nitrogens with zero attached hydrogens (tertiary/aromatic N) is 3. The Morgan fingerprint density at radius 2 is 2.23 bits per heavy atom. The van der Waals surface area contributed by atoms with Crippen LogP contribution in [0.2, 0.25) is 0 Å². The summed E-state index contributed by atoms with van der Waals surface area (Å²) in [6.45, 7) is 3.28. The quantitative estimate of drug-likeness (QED) is 0.906. The van der Waals surface area contributed by atoms with Crippen molar-refractivity contribution in [2.24, 2.45) is 17.6 Å². The van der Waals surface area contributed by atoms with E-state index in [1.54, 1.807) is 19.1 Å². The van der Waals surface area contributed by atoms with Gasteiger partial charge in [0.25, 0.3) is 0 Å². The Hall–Kier alpha value is -2.28. The number of fused-ring (bicyclic) bond motifs is 1. The predicted octanol–water partition coefficient (Wildman–Crippen LogP) is 2.31. The molecule has 2 aromatic rings. The zero-order valence-electron chi connectivity index (χ0n) is 14.8. The van der Waals surface area contributed by atoms with Gasteiger partial charge in [0.1, 0.15) is 5.82 Å². The molecule has 0 spiro atoms. The highest BCUT2D eigenvalue weighted by atomic mass is 19.1. The molecule has 1 aromatic heterocycles. The average molecular weight is 358 g/mol. The van der Waals surface area contributed by atoms with Crippen molar-refractivity contribution in [2.45, 2.75) is 38.6 Å². The van der Waals surface area contributed by atoms with Gasteiger partial charge in [-0.15, -0.1) is 0 Å². The Kier molecular flexibility index (Phi) is 4.48. The number of likely N-dealkylation sites (tertiary alicyclic amines) is 1.